The molecule has 34 heavy (non-hydrogen) atoms. The van der Waals surface area contributed by atoms with E-state index in [1.807, 2.05) is 49.4 Å². The molecule has 3 aromatic rings. The molecule has 1 fully saturated rings. The van der Waals surface area contributed by atoms with Gasteiger partial charge in [0.15, 0.2) is 0 Å². The van der Waals surface area contributed by atoms with Crippen molar-refractivity contribution in [1.82, 2.24) is 4.90 Å². The molecule has 1 saturated heterocycles. The first-order chi connectivity index (χ1) is 16.5. The normalized spacial score (nSPS) is 17.3. The monoisotopic (exact) mass is 455 g/mol. The largest absolute Gasteiger partial charge is 0.326 e. The second-order valence-corrected chi connectivity index (χ2v) is 9.44. The van der Waals surface area contributed by atoms with Crippen molar-refractivity contribution < 1.29 is 9.18 Å². The predicted octanol–water partition coefficient (Wildman–Crippen LogP) is 6.23. The molecule has 5 heteroatoms. The fourth-order valence-corrected chi connectivity index (χ4v) is 5.14. The molecule has 4 nitrogen and oxygen atoms in total. The summed E-state index contributed by atoms with van der Waals surface area (Å²) in [5.74, 6) is -0.243. The van der Waals surface area contributed by atoms with Gasteiger partial charge in [0.1, 0.15) is 5.82 Å². The highest BCUT2D eigenvalue weighted by molar-refractivity contribution is 6.03. The molecule has 0 saturated carbocycles. The third-order valence-corrected chi connectivity index (χ3v) is 7.12. The Balaban J connectivity index is 1.29. The van der Waals surface area contributed by atoms with E-state index in [1.54, 1.807) is 17.0 Å². The minimum atomic E-state index is -0.243. The zero-order chi connectivity index (χ0) is 23.5. The van der Waals surface area contributed by atoms with Crippen molar-refractivity contribution >= 4 is 23.5 Å². The number of piperidine rings is 1. The molecule has 5 rings (SSSR count). The van der Waals surface area contributed by atoms with Crippen LogP contribution in [0, 0.1) is 12.7 Å². The third-order valence-electron chi connectivity index (χ3n) is 7.12. The summed E-state index contributed by atoms with van der Waals surface area (Å²) >= 11 is 0. The van der Waals surface area contributed by atoms with E-state index < -0.39 is 0 Å². The maximum Gasteiger partial charge on any atom is 0.326 e. The molecule has 3 aromatic carbocycles. The second kappa shape index (κ2) is 9.43. The van der Waals surface area contributed by atoms with Gasteiger partial charge in [0.25, 0.3) is 0 Å². The van der Waals surface area contributed by atoms with E-state index in [0.717, 1.165) is 55.0 Å². The molecule has 2 heterocycles. The van der Waals surface area contributed by atoms with Gasteiger partial charge < -0.3 is 5.32 Å². The summed E-state index contributed by atoms with van der Waals surface area (Å²) < 4.78 is 14.3. The zero-order valence-electron chi connectivity index (χ0n) is 19.5. The van der Waals surface area contributed by atoms with Crippen LogP contribution in [0.5, 0.6) is 0 Å². The first kappa shape index (κ1) is 22.4. The maximum absolute atomic E-state index is 14.3. The number of nitrogens with one attached hydrogen (secondary N) is 1. The second-order valence-electron chi connectivity index (χ2n) is 9.44. The van der Waals surface area contributed by atoms with Crippen LogP contribution in [0.2, 0.25) is 0 Å². The van der Waals surface area contributed by atoms with Crippen LogP contribution in [0.15, 0.2) is 78.9 Å². The maximum atomic E-state index is 14.3. The van der Waals surface area contributed by atoms with Crippen molar-refractivity contribution in [2.24, 2.45) is 0 Å². The van der Waals surface area contributed by atoms with Gasteiger partial charge in [0.2, 0.25) is 0 Å². The van der Waals surface area contributed by atoms with Gasteiger partial charge in [0.05, 0.1) is 0 Å². The summed E-state index contributed by atoms with van der Waals surface area (Å²) in [4.78, 5) is 17.4. The average molecular weight is 456 g/mol. The topological polar surface area (TPSA) is 35.6 Å². The highest BCUT2D eigenvalue weighted by atomic mass is 19.1. The van der Waals surface area contributed by atoms with Gasteiger partial charge in [-0.15, -0.1) is 0 Å². The van der Waals surface area contributed by atoms with E-state index in [0.29, 0.717) is 6.54 Å². The molecule has 0 radical (unpaired) electrons. The first-order valence-electron chi connectivity index (χ1n) is 11.9. The number of nitrogens with zero attached hydrogens (tertiary/aromatic N) is 2. The van der Waals surface area contributed by atoms with Gasteiger partial charge in [-0.1, -0.05) is 60.2 Å². The van der Waals surface area contributed by atoms with Crippen LogP contribution in [-0.2, 0) is 5.41 Å². The Labute approximate surface area is 200 Å². The average Bonchev–Trinajstić information content (AvgIpc) is 3.16. The lowest BCUT2D eigenvalue weighted by Crippen LogP contribution is -2.46. The molecule has 2 amide bonds. The predicted molar refractivity (Wildman–Crippen MR) is 137 cm³/mol. The molecular formula is C29H30FN3O. The molecule has 2 aliphatic heterocycles. The molecule has 174 valence electrons. The lowest BCUT2D eigenvalue weighted by molar-refractivity contribution is 0.180. The molecule has 0 bridgehead atoms. The summed E-state index contributed by atoms with van der Waals surface area (Å²) in [5.41, 5.74) is 4.69. The van der Waals surface area contributed by atoms with Crippen molar-refractivity contribution in [3.8, 4) is 0 Å². The van der Waals surface area contributed by atoms with E-state index in [1.165, 1.54) is 11.6 Å². The number of amides is 2. The van der Waals surface area contributed by atoms with Crippen LogP contribution in [0.25, 0.3) is 6.08 Å². The SMILES string of the molecule is Cc1ccc(NC(=O)N2CC3(CCN(CC=Cc4ccccc4)CC3)c3cc(F)ccc32)cc1. The Kier molecular flexibility index (Phi) is 6.20. The Morgan fingerprint density at radius 3 is 2.50 bits per heavy atom. The number of aryl methyl sites for hydroxylation is 1. The number of likely N-dealkylation sites (tertiary alicyclic amines) is 1. The number of carbonyl (C=O) groups is 1. The van der Waals surface area contributed by atoms with Crippen LogP contribution in [0.3, 0.4) is 0 Å². The van der Waals surface area contributed by atoms with Gasteiger partial charge in [-0.2, -0.15) is 0 Å². The van der Waals surface area contributed by atoms with Crippen molar-refractivity contribution in [1.29, 1.82) is 0 Å². The Bertz CT molecular complexity index is 1180. The van der Waals surface area contributed by atoms with Gasteiger partial charge in [-0.3, -0.25) is 9.80 Å². The molecule has 1 N–H and O–H groups in total. The van der Waals surface area contributed by atoms with Crippen LogP contribution < -0.4 is 10.2 Å². The molecule has 0 aliphatic carbocycles. The van der Waals surface area contributed by atoms with Crippen molar-refractivity contribution in [3.05, 3.63) is 101 Å². The van der Waals surface area contributed by atoms with E-state index in [9.17, 15) is 9.18 Å². The molecule has 1 spiro atoms. The zero-order valence-corrected chi connectivity index (χ0v) is 19.5. The van der Waals surface area contributed by atoms with E-state index in [4.69, 9.17) is 0 Å². The standard InChI is InChI=1S/C29H30FN3O/c1-22-9-12-25(13-10-22)31-28(34)33-21-29(26-20-24(30)11-14-27(26)33)15-18-32(19-16-29)17-5-8-23-6-3-2-4-7-23/h2-14,20H,15-19,21H2,1H3,(H,31,34). The number of benzene rings is 3. The molecule has 0 atom stereocenters. The minimum absolute atomic E-state index is 0.165. The number of anilines is 2. The first-order valence-corrected chi connectivity index (χ1v) is 11.9. The van der Waals surface area contributed by atoms with Crippen LogP contribution in [-0.4, -0.2) is 37.1 Å². The molecule has 0 unspecified atom stereocenters. The van der Waals surface area contributed by atoms with E-state index in [2.05, 4.69) is 34.5 Å². The Hall–Kier alpha value is -3.44. The number of carbonyl (C=O) groups excluding carboxylic acids is 1. The molecule has 2 aliphatic rings. The lowest BCUT2D eigenvalue weighted by Gasteiger charge is -2.39. The van der Waals surface area contributed by atoms with Gasteiger partial charge >= 0.3 is 6.03 Å². The van der Waals surface area contributed by atoms with E-state index >= 15 is 0 Å². The highest BCUT2D eigenvalue weighted by Gasteiger charge is 2.46. The van der Waals surface area contributed by atoms with Gasteiger partial charge in [-0.25, -0.2) is 9.18 Å². The number of hydrogen-bond acceptors (Lipinski definition) is 2. The lowest BCUT2D eigenvalue weighted by atomic mass is 9.74. The number of urea groups is 1. The summed E-state index contributed by atoms with van der Waals surface area (Å²) in [5, 5.41) is 3.01. The number of halogens is 1. The number of fused-ring (bicyclic) bond motifs is 2. The quantitative estimate of drug-likeness (QED) is 0.506. The summed E-state index contributed by atoms with van der Waals surface area (Å²) in [6.45, 7) is 5.32. The number of hydrogen-bond donors (Lipinski definition) is 1. The fourth-order valence-electron chi connectivity index (χ4n) is 5.14. The van der Waals surface area contributed by atoms with Gasteiger partial charge in [-0.05, 0) is 74.3 Å². The third kappa shape index (κ3) is 4.62. The number of rotatable bonds is 4. The molecular weight excluding hydrogens is 425 g/mol. The van der Waals surface area contributed by atoms with Crippen molar-refractivity contribution in [2.45, 2.75) is 25.2 Å². The minimum Gasteiger partial charge on any atom is -0.308 e. The van der Waals surface area contributed by atoms with E-state index in [-0.39, 0.29) is 17.3 Å². The van der Waals surface area contributed by atoms with Crippen molar-refractivity contribution in [2.75, 3.05) is 36.4 Å². The summed E-state index contributed by atoms with van der Waals surface area (Å²) in [6.07, 6.45) is 6.16. The summed E-state index contributed by atoms with van der Waals surface area (Å²) in [6, 6.07) is 22.8. The van der Waals surface area contributed by atoms with Crippen LogP contribution >= 0.6 is 0 Å². The smallest absolute Gasteiger partial charge is 0.308 e. The Morgan fingerprint density at radius 1 is 1.03 bits per heavy atom. The molecule has 0 aromatic heterocycles. The van der Waals surface area contributed by atoms with Crippen LogP contribution in [0.1, 0.15) is 29.5 Å². The Morgan fingerprint density at radius 2 is 1.76 bits per heavy atom. The highest BCUT2D eigenvalue weighted by Crippen LogP contribution is 2.47. The van der Waals surface area contributed by atoms with Crippen LogP contribution in [0.4, 0.5) is 20.6 Å². The summed E-state index contributed by atoms with van der Waals surface area (Å²) in [7, 11) is 0. The van der Waals surface area contributed by atoms with Crippen molar-refractivity contribution in [3.63, 3.8) is 0 Å². The fraction of sp³-hybridized carbons (Fsp3) is 0.276. The van der Waals surface area contributed by atoms with Gasteiger partial charge in [0, 0.05) is 29.9 Å².